The second-order valence-corrected chi connectivity index (χ2v) is 6.05. The van der Waals surface area contributed by atoms with Gasteiger partial charge in [-0.25, -0.2) is 22.3 Å². The number of sulfonamides is 1. The number of carbonyl (C=O) groups is 1. The summed E-state index contributed by atoms with van der Waals surface area (Å²) in [6.45, 7) is 3.51. The van der Waals surface area contributed by atoms with Crippen molar-refractivity contribution in [2.45, 2.75) is 31.6 Å². The van der Waals surface area contributed by atoms with Gasteiger partial charge in [-0.2, -0.15) is 0 Å². The molecule has 0 aliphatic heterocycles. The van der Waals surface area contributed by atoms with Crippen LogP contribution < -0.4 is 10.5 Å². The van der Waals surface area contributed by atoms with Crippen LogP contribution in [0.4, 0.5) is 14.5 Å². The van der Waals surface area contributed by atoms with E-state index in [2.05, 4.69) is 5.32 Å². The number of anilines is 1. The number of halogens is 2. The average molecular weight is 306 g/mol. The highest BCUT2D eigenvalue weighted by atomic mass is 32.2. The zero-order chi connectivity index (χ0) is 15.5. The third-order valence-electron chi connectivity index (χ3n) is 2.76. The minimum absolute atomic E-state index is 0.406. The smallest absolute Gasteiger partial charge is 0.238 e. The maximum atomic E-state index is 13.7. The molecule has 8 heteroatoms. The Morgan fingerprint density at radius 3 is 2.25 bits per heavy atom. The molecule has 112 valence electrons. The van der Waals surface area contributed by atoms with Gasteiger partial charge in [0.1, 0.15) is 5.69 Å². The van der Waals surface area contributed by atoms with Crippen LogP contribution in [-0.4, -0.2) is 14.3 Å². The summed E-state index contributed by atoms with van der Waals surface area (Å²) in [6.07, 6.45) is 1.33. The standard InChI is InChI=1S/C12H16F2N2O3S/c1-3-4-7(2)12(17)16-11-9(13)5-8(6-10(11)14)20(15,18)19/h5-7H,3-4H2,1-2H3,(H,16,17)(H2,15,18,19). The summed E-state index contributed by atoms with van der Waals surface area (Å²) in [5.41, 5.74) is -0.676. The van der Waals surface area contributed by atoms with Crippen LogP contribution in [0.2, 0.25) is 0 Å². The van der Waals surface area contributed by atoms with Crippen LogP contribution in [0.15, 0.2) is 17.0 Å². The molecule has 1 amide bonds. The molecule has 0 spiro atoms. The number of carbonyl (C=O) groups excluding carboxylic acids is 1. The Bertz CT molecular complexity index is 594. The molecular weight excluding hydrogens is 290 g/mol. The van der Waals surface area contributed by atoms with Crippen LogP contribution >= 0.6 is 0 Å². The Kier molecular flexibility index (Phi) is 5.18. The van der Waals surface area contributed by atoms with Crippen molar-refractivity contribution in [2.24, 2.45) is 11.1 Å². The fraction of sp³-hybridized carbons (Fsp3) is 0.417. The van der Waals surface area contributed by atoms with E-state index >= 15 is 0 Å². The Morgan fingerprint density at radius 1 is 1.35 bits per heavy atom. The third kappa shape index (κ3) is 3.97. The molecule has 5 nitrogen and oxygen atoms in total. The average Bonchev–Trinajstić information content (AvgIpc) is 2.32. The quantitative estimate of drug-likeness (QED) is 0.871. The minimum Gasteiger partial charge on any atom is -0.321 e. The van der Waals surface area contributed by atoms with Gasteiger partial charge in [0.15, 0.2) is 11.6 Å². The number of nitrogens with one attached hydrogen (secondary N) is 1. The lowest BCUT2D eigenvalue weighted by molar-refractivity contribution is -0.119. The molecule has 20 heavy (non-hydrogen) atoms. The van der Waals surface area contributed by atoms with Crippen LogP contribution in [0.3, 0.4) is 0 Å². The number of primary sulfonamides is 1. The van der Waals surface area contributed by atoms with Crippen molar-refractivity contribution >= 4 is 21.6 Å². The minimum atomic E-state index is -4.21. The van der Waals surface area contributed by atoms with Crippen molar-refractivity contribution in [3.05, 3.63) is 23.8 Å². The fourth-order valence-electron chi connectivity index (χ4n) is 1.64. The normalized spacial score (nSPS) is 13.1. The first-order chi connectivity index (χ1) is 9.16. The van der Waals surface area contributed by atoms with Crippen LogP contribution in [-0.2, 0) is 14.8 Å². The van der Waals surface area contributed by atoms with Crippen LogP contribution in [0.1, 0.15) is 26.7 Å². The number of hydrogen-bond acceptors (Lipinski definition) is 3. The van der Waals surface area contributed by atoms with Crippen LogP contribution in [0.5, 0.6) is 0 Å². The molecule has 1 aromatic rings. The van der Waals surface area contributed by atoms with Crippen molar-refractivity contribution in [3.8, 4) is 0 Å². The van der Waals surface area contributed by atoms with E-state index in [1.807, 2.05) is 6.92 Å². The molecule has 0 saturated heterocycles. The summed E-state index contributed by atoms with van der Waals surface area (Å²) in [5, 5.41) is 6.90. The Morgan fingerprint density at radius 2 is 1.85 bits per heavy atom. The van der Waals surface area contributed by atoms with Gasteiger partial charge >= 0.3 is 0 Å². The first-order valence-corrected chi connectivity index (χ1v) is 7.54. The zero-order valence-corrected chi connectivity index (χ0v) is 11.9. The predicted octanol–water partition coefficient (Wildman–Crippen LogP) is 1.99. The highest BCUT2D eigenvalue weighted by molar-refractivity contribution is 7.89. The van der Waals surface area contributed by atoms with E-state index in [1.165, 1.54) is 0 Å². The maximum Gasteiger partial charge on any atom is 0.238 e. The fourth-order valence-corrected chi connectivity index (χ4v) is 2.18. The summed E-state index contributed by atoms with van der Waals surface area (Å²) in [7, 11) is -4.21. The first kappa shape index (κ1) is 16.5. The summed E-state index contributed by atoms with van der Waals surface area (Å²) < 4.78 is 49.4. The summed E-state index contributed by atoms with van der Waals surface area (Å²) in [6, 6.07) is 1.14. The van der Waals surface area contributed by atoms with Gasteiger partial charge < -0.3 is 5.32 Å². The molecule has 1 aromatic carbocycles. The number of amides is 1. The van der Waals surface area contributed by atoms with E-state index in [0.29, 0.717) is 18.6 Å². The van der Waals surface area contributed by atoms with E-state index in [4.69, 9.17) is 5.14 Å². The first-order valence-electron chi connectivity index (χ1n) is 5.99. The van der Waals surface area contributed by atoms with Gasteiger partial charge in [0.05, 0.1) is 4.90 Å². The summed E-state index contributed by atoms with van der Waals surface area (Å²) in [5.74, 6) is -3.32. The zero-order valence-electron chi connectivity index (χ0n) is 11.1. The summed E-state index contributed by atoms with van der Waals surface area (Å²) in [4.78, 5) is 11.0. The Labute approximate surface area is 116 Å². The lowest BCUT2D eigenvalue weighted by Crippen LogP contribution is -2.22. The van der Waals surface area contributed by atoms with Crippen molar-refractivity contribution in [2.75, 3.05) is 5.32 Å². The Hall–Kier alpha value is -1.54. The second kappa shape index (κ2) is 6.27. The molecule has 1 unspecified atom stereocenters. The highest BCUT2D eigenvalue weighted by Crippen LogP contribution is 2.23. The number of hydrogen-bond donors (Lipinski definition) is 2. The molecular formula is C12H16F2N2O3S. The largest absolute Gasteiger partial charge is 0.321 e. The van der Waals surface area contributed by atoms with Gasteiger partial charge in [0.2, 0.25) is 15.9 Å². The molecule has 0 aliphatic rings. The highest BCUT2D eigenvalue weighted by Gasteiger charge is 2.20. The topological polar surface area (TPSA) is 89.3 Å². The van der Waals surface area contributed by atoms with E-state index in [-0.39, 0.29) is 0 Å². The summed E-state index contributed by atoms with van der Waals surface area (Å²) >= 11 is 0. The molecule has 0 radical (unpaired) electrons. The van der Waals surface area contributed by atoms with E-state index in [9.17, 15) is 22.0 Å². The SMILES string of the molecule is CCCC(C)C(=O)Nc1c(F)cc(S(N)(=O)=O)cc1F. The Balaban J connectivity index is 3.07. The van der Waals surface area contributed by atoms with E-state index in [1.54, 1.807) is 6.92 Å². The van der Waals surface area contributed by atoms with Crippen molar-refractivity contribution in [1.82, 2.24) is 0 Å². The lowest BCUT2D eigenvalue weighted by Gasteiger charge is -2.13. The number of rotatable bonds is 5. The molecule has 1 rings (SSSR count). The van der Waals surface area contributed by atoms with Gasteiger partial charge in [-0.05, 0) is 18.6 Å². The molecule has 0 heterocycles. The van der Waals surface area contributed by atoms with Gasteiger partial charge in [-0.3, -0.25) is 4.79 Å². The molecule has 0 bridgehead atoms. The van der Waals surface area contributed by atoms with Gasteiger partial charge in [0.25, 0.3) is 0 Å². The maximum absolute atomic E-state index is 13.7. The van der Waals surface area contributed by atoms with Crippen molar-refractivity contribution in [1.29, 1.82) is 0 Å². The van der Waals surface area contributed by atoms with E-state index in [0.717, 1.165) is 6.42 Å². The van der Waals surface area contributed by atoms with Crippen LogP contribution in [0, 0.1) is 17.6 Å². The van der Waals surface area contributed by atoms with Gasteiger partial charge in [-0.15, -0.1) is 0 Å². The third-order valence-corrected chi connectivity index (χ3v) is 3.65. The molecule has 3 N–H and O–H groups in total. The van der Waals surface area contributed by atoms with Crippen LogP contribution in [0.25, 0.3) is 0 Å². The van der Waals surface area contributed by atoms with Gasteiger partial charge in [-0.1, -0.05) is 20.3 Å². The molecule has 0 aromatic heterocycles. The number of benzene rings is 1. The molecule has 1 atom stereocenters. The number of nitrogens with two attached hydrogens (primary N) is 1. The van der Waals surface area contributed by atoms with Crippen molar-refractivity contribution in [3.63, 3.8) is 0 Å². The molecule has 0 fully saturated rings. The predicted molar refractivity (Wildman–Crippen MR) is 70.4 cm³/mol. The van der Waals surface area contributed by atoms with Crippen molar-refractivity contribution < 1.29 is 22.0 Å². The lowest BCUT2D eigenvalue weighted by atomic mass is 10.1. The van der Waals surface area contributed by atoms with E-state index < -0.39 is 44.1 Å². The molecule has 0 saturated carbocycles. The monoisotopic (exact) mass is 306 g/mol. The molecule has 0 aliphatic carbocycles. The van der Waals surface area contributed by atoms with Gasteiger partial charge in [0, 0.05) is 5.92 Å². The second-order valence-electron chi connectivity index (χ2n) is 4.49.